The van der Waals surface area contributed by atoms with Gasteiger partial charge < -0.3 is 35.0 Å². The number of rotatable bonds is 11. The van der Waals surface area contributed by atoms with E-state index in [2.05, 4.69) is 27.9 Å². The van der Waals surface area contributed by atoms with Crippen LogP contribution in [0.15, 0.2) is 23.8 Å². The molecule has 6 rings (SSSR count). The van der Waals surface area contributed by atoms with Crippen LogP contribution in [0, 0.1) is 26.7 Å². The zero-order valence-corrected chi connectivity index (χ0v) is 26.1. The van der Waals surface area contributed by atoms with Crippen molar-refractivity contribution in [1.29, 1.82) is 0 Å². The van der Waals surface area contributed by atoms with Crippen molar-refractivity contribution in [2.45, 2.75) is 83.1 Å². The number of hydrogen-bond donors (Lipinski definition) is 4. The van der Waals surface area contributed by atoms with Gasteiger partial charge in [0.1, 0.15) is 12.2 Å². The number of carbonyl (C=O) groups excluding carboxylic acids is 2. The molecule has 10 heteroatoms. The Morgan fingerprint density at radius 2 is 1.78 bits per heavy atom. The Morgan fingerprint density at radius 1 is 1.12 bits per heavy atom. The molecule has 0 unspecified atom stereocenters. The van der Waals surface area contributed by atoms with E-state index < -0.39 is 18.2 Å². The van der Waals surface area contributed by atoms with Gasteiger partial charge in [-0.3, -0.25) is 9.59 Å². The van der Waals surface area contributed by atoms with Gasteiger partial charge in [0.15, 0.2) is 11.5 Å². The van der Waals surface area contributed by atoms with Crippen LogP contribution in [0.1, 0.15) is 63.9 Å². The molecule has 226 valence electrons. The van der Waals surface area contributed by atoms with Gasteiger partial charge >= 0.3 is 0 Å². The predicted molar refractivity (Wildman–Crippen MR) is 161 cm³/mol. The summed E-state index contributed by atoms with van der Waals surface area (Å²) in [6.07, 6.45) is 7.43. The van der Waals surface area contributed by atoms with Crippen molar-refractivity contribution in [3.63, 3.8) is 0 Å². The molecular formula is C31H43IN2O7. The largest absolute Gasteiger partial charge is 0.493 e. The summed E-state index contributed by atoms with van der Waals surface area (Å²) < 4.78 is 12.6. The van der Waals surface area contributed by atoms with Crippen molar-refractivity contribution >= 4 is 34.4 Å². The summed E-state index contributed by atoms with van der Waals surface area (Å²) in [5.74, 6) is 2.61. The summed E-state index contributed by atoms with van der Waals surface area (Å²) in [6.45, 7) is 2.19. The highest BCUT2D eigenvalue weighted by atomic mass is 127. The monoisotopic (exact) mass is 682 g/mol. The second-order valence-electron chi connectivity index (χ2n) is 12.6. The van der Waals surface area contributed by atoms with Crippen LogP contribution in [0.25, 0.3) is 0 Å². The molecule has 0 heterocycles. The number of methoxy groups -OCH3 is 1. The van der Waals surface area contributed by atoms with Gasteiger partial charge in [0.2, 0.25) is 11.8 Å². The van der Waals surface area contributed by atoms with E-state index in [1.165, 1.54) is 26.4 Å². The molecule has 0 aliphatic heterocycles. The quantitative estimate of drug-likeness (QED) is 0.264. The Bertz CT molecular complexity index is 1140. The van der Waals surface area contributed by atoms with Gasteiger partial charge in [-0.15, -0.1) is 0 Å². The lowest BCUT2D eigenvalue weighted by Gasteiger charge is -2.58. The normalized spacial score (nSPS) is 31.9. The topological polar surface area (TPSA) is 129 Å². The summed E-state index contributed by atoms with van der Waals surface area (Å²) in [4.78, 5) is 28.6. The molecule has 0 aromatic heterocycles. The highest BCUT2D eigenvalue weighted by molar-refractivity contribution is 14.1. The fraction of sp³-hybridized carbons (Fsp3) is 0.677. The summed E-state index contributed by atoms with van der Waals surface area (Å²) in [5, 5.41) is 33.5. The summed E-state index contributed by atoms with van der Waals surface area (Å²) in [5.41, 5.74) is 1.14. The van der Waals surface area contributed by atoms with Gasteiger partial charge in [-0.2, -0.15) is 0 Å². The van der Waals surface area contributed by atoms with E-state index in [-0.39, 0.29) is 43.4 Å². The van der Waals surface area contributed by atoms with Crippen LogP contribution in [0.4, 0.5) is 0 Å². The second-order valence-corrected chi connectivity index (χ2v) is 13.7. The minimum Gasteiger partial charge on any atom is -0.493 e. The molecule has 4 saturated carbocycles. The van der Waals surface area contributed by atoms with Gasteiger partial charge in [0, 0.05) is 31.5 Å². The van der Waals surface area contributed by atoms with Gasteiger partial charge in [-0.05, 0) is 108 Å². The highest BCUT2D eigenvalue weighted by Crippen LogP contribution is 2.60. The molecule has 0 saturated heterocycles. The molecule has 5 aliphatic rings. The number of amides is 2. The van der Waals surface area contributed by atoms with Crippen molar-refractivity contribution in [3.8, 4) is 11.5 Å². The number of nitrogens with one attached hydrogen (secondary N) is 1. The molecule has 3 atom stereocenters. The average molecular weight is 683 g/mol. The SMILES string of the molecule is CCC(=O)N(CC12CC3CC(CC(C3)C1)C2)[C@@H]1CC(C(=O)NCCO)=C[C@H](Oc2c(I)cc(CO)cc2OC)[C@H]1O. The zero-order chi connectivity index (χ0) is 29.3. The van der Waals surface area contributed by atoms with Crippen molar-refractivity contribution in [2.75, 3.05) is 26.8 Å². The van der Waals surface area contributed by atoms with E-state index in [1.54, 1.807) is 18.2 Å². The van der Waals surface area contributed by atoms with E-state index >= 15 is 0 Å². The Hall–Kier alpha value is -1.89. The third kappa shape index (κ3) is 6.40. The lowest BCUT2D eigenvalue weighted by Crippen LogP contribution is -2.59. The van der Waals surface area contributed by atoms with E-state index in [4.69, 9.17) is 9.47 Å². The van der Waals surface area contributed by atoms with Crippen molar-refractivity contribution in [3.05, 3.63) is 32.9 Å². The highest BCUT2D eigenvalue weighted by Gasteiger charge is 2.53. The minimum atomic E-state index is -1.08. The van der Waals surface area contributed by atoms with Gasteiger partial charge in [-0.1, -0.05) is 6.92 Å². The summed E-state index contributed by atoms with van der Waals surface area (Å²) in [7, 11) is 1.51. The number of aliphatic hydroxyl groups is 3. The predicted octanol–water partition coefficient (Wildman–Crippen LogP) is 3.16. The maximum atomic E-state index is 13.6. The number of aliphatic hydroxyl groups excluding tert-OH is 3. The lowest BCUT2D eigenvalue weighted by molar-refractivity contribution is -0.146. The summed E-state index contributed by atoms with van der Waals surface area (Å²) in [6, 6.07) is 2.83. The molecule has 0 radical (unpaired) electrons. The first-order chi connectivity index (χ1) is 19.7. The van der Waals surface area contributed by atoms with E-state index in [0.29, 0.717) is 39.2 Å². The number of ether oxygens (including phenoxy) is 2. The molecule has 9 nitrogen and oxygen atoms in total. The second kappa shape index (κ2) is 12.8. The maximum Gasteiger partial charge on any atom is 0.247 e. The molecule has 5 aliphatic carbocycles. The zero-order valence-electron chi connectivity index (χ0n) is 24.0. The average Bonchev–Trinajstić information content (AvgIpc) is 2.95. The Kier molecular flexibility index (Phi) is 9.52. The van der Waals surface area contributed by atoms with Crippen LogP contribution in [0.5, 0.6) is 11.5 Å². The van der Waals surface area contributed by atoms with Gasteiger partial charge in [0.25, 0.3) is 0 Å². The van der Waals surface area contributed by atoms with Crippen molar-refractivity contribution < 1.29 is 34.4 Å². The molecule has 1 aromatic carbocycles. The minimum absolute atomic E-state index is 0.0278. The number of hydrogen-bond acceptors (Lipinski definition) is 7. The number of halogens is 1. The lowest BCUT2D eigenvalue weighted by atomic mass is 9.49. The van der Waals surface area contributed by atoms with Crippen LogP contribution in [0.3, 0.4) is 0 Å². The fourth-order valence-corrected chi connectivity index (χ4v) is 9.13. The van der Waals surface area contributed by atoms with E-state index in [0.717, 1.165) is 37.0 Å². The molecule has 1 aromatic rings. The third-order valence-electron chi connectivity index (χ3n) is 9.63. The first kappa shape index (κ1) is 30.6. The van der Waals surface area contributed by atoms with E-state index in [1.807, 2.05) is 11.8 Å². The first-order valence-electron chi connectivity index (χ1n) is 14.9. The molecule has 0 spiro atoms. The maximum absolute atomic E-state index is 13.6. The standard InChI is InChI=1S/C31H43IN2O7/c1-3-27(37)34(17-31-13-18-6-19(14-31)8-20(7-18)15-31)24-11-22(30(39)33-4-5-35)12-25(28(24)38)41-29-23(32)9-21(16-36)10-26(29)40-2/h9-10,12,18-20,24-25,28,35-36,38H,3-8,11,13-17H2,1-2H3,(H,33,39)/t18?,19?,20?,24-,25+,28+,31?/m1/s1. The molecule has 2 amide bonds. The van der Waals surface area contributed by atoms with Gasteiger partial charge in [-0.25, -0.2) is 0 Å². The Morgan fingerprint density at radius 3 is 2.34 bits per heavy atom. The number of carbonyl (C=O) groups is 2. The molecule has 41 heavy (non-hydrogen) atoms. The molecular weight excluding hydrogens is 639 g/mol. The summed E-state index contributed by atoms with van der Waals surface area (Å²) >= 11 is 2.10. The van der Waals surface area contributed by atoms with Crippen LogP contribution < -0.4 is 14.8 Å². The Balaban J connectivity index is 1.47. The van der Waals surface area contributed by atoms with Crippen molar-refractivity contribution in [1.82, 2.24) is 10.2 Å². The Labute approximate surface area is 255 Å². The van der Waals surface area contributed by atoms with Crippen LogP contribution in [0.2, 0.25) is 0 Å². The smallest absolute Gasteiger partial charge is 0.247 e. The fourth-order valence-electron chi connectivity index (χ4n) is 8.33. The molecule has 4 bridgehead atoms. The van der Waals surface area contributed by atoms with Crippen LogP contribution >= 0.6 is 22.6 Å². The van der Waals surface area contributed by atoms with Crippen LogP contribution in [-0.2, 0) is 16.2 Å². The first-order valence-corrected chi connectivity index (χ1v) is 16.0. The third-order valence-corrected chi connectivity index (χ3v) is 10.4. The molecule has 4 N–H and O–H groups in total. The van der Waals surface area contributed by atoms with Crippen molar-refractivity contribution in [2.24, 2.45) is 23.2 Å². The van der Waals surface area contributed by atoms with Gasteiger partial charge in [0.05, 0.1) is 29.9 Å². The van der Waals surface area contributed by atoms with E-state index in [9.17, 15) is 24.9 Å². The molecule has 4 fully saturated rings. The number of benzene rings is 1. The number of nitrogens with zero attached hydrogens (tertiary/aromatic N) is 1. The van der Waals surface area contributed by atoms with Crippen LogP contribution in [-0.4, -0.2) is 77.1 Å².